The fourth-order valence-corrected chi connectivity index (χ4v) is 4.88. The highest BCUT2D eigenvalue weighted by Crippen LogP contribution is 2.39. The number of nitrogens with zero attached hydrogens (tertiary/aromatic N) is 1. The molecule has 8 heteroatoms. The molecule has 7 nitrogen and oxygen atoms in total. The van der Waals surface area contributed by atoms with Crippen molar-refractivity contribution in [3.05, 3.63) is 0 Å². The second-order valence-corrected chi connectivity index (χ2v) is 12.3. The number of likely N-dealkylation sites (N-methyl/N-ethyl adjacent to an activating group) is 1. The molecule has 0 aliphatic carbocycles. The number of ether oxygens (including phenoxy) is 1. The Hall–Kier alpha value is -0.0100. The standard InChI is InChI=1S/C27H59N2O5P/c1-6-7-8-9-10-11-12-13-14-15-16-17-18-19-20-21-22-28-25-27(26-32-5)34-35(30,31)33-24-23-29(2,3)4/h27-28H,6-26H2,1-5H3. The van der Waals surface area contributed by atoms with E-state index in [0.29, 0.717) is 17.6 Å². The minimum Gasteiger partial charge on any atom is -0.756 e. The van der Waals surface area contributed by atoms with Gasteiger partial charge in [-0.3, -0.25) is 4.57 Å². The van der Waals surface area contributed by atoms with Crippen LogP contribution in [-0.4, -0.2) is 71.7 Å². The fraction of sp³-hybridized carbons (Fsp3) is 1.00. The predicted molar refractivity (Wildman–Crippen MR) is 146 cm³/mol. The summed E-state index contributed by atoms with van der Waals surface area (Å²) in [6.45, 7) is 4.46. The number of rotatable bonds is 27. The average molecular weight is 523 g/mol. The van der Waals surface area contributed by atoms with Gasteiger partial charge in [0.1, 0.15) is 19.3 Å². The molecule has 212 valence electrons. The third-order valence-electron chi connectivity index (χ3n) is 6.22. The number of hydrogen-bond acceptors (Lipinski definition) is 6. The summed E-state index contributed by atoms with van der Waals surface area (Å²) in [7, 11) is 3.15. The van der Waals surface area contributed by atoms with Crippen molar-refractivity contribution in [1.29, 1.82) is 0 Å². The molecule has 0 aromatic rings. The van der Waals surface area contributed by atoms with Crippen molar-refractivity contribution in [3.8, 4) is 0 Å². The van der Waals surface area contributed by atoms with Gasteiger partial charge in [-0.15, -0.1) is 0 Å². The summed E-state index contributed by atoms with van der Waals surface area (Å²) < 4.78 is 28.0. The molecule has 0 fully saturated rings. The van der Waals surface area contributed by atoms with Crippen LogP contribution in [0.5, 0.6) is 0 Å². The van der Waals surface area contributed by atoms with Gasteiger partial charge >= 0.3 is 0 Å². The second kappa shape index (κ2) is 23.1. The van der Waals surface area contributed by atoms with Crippen LogP contribution in [0.25, 0.3) is 0 Å². The van der Waals surface area contributed by atoms with E-state index in [1.54, 1.807) is 7.11 Å². The van der Waals surface area contributed by atoms with Gasteiger partial charge in [-0.25, -0.2) is 0 Å². The Labute approximate surface area is 217 Å². The minimum atomic E-state index is -4.34. The maximum absolute atomic E-state index is 12.1. The molecule has 0 spiro atoms. The number of unbranched alkanes of at least 4 members (excludes halogenated alkanes) is 15. The lowest BCUT2D eigenvalue weighted by Crippen LogP contribution is -2.38. The molecule has 0 heterocycles. The Morgan fingerprint density at radius 2 is 1.26 bits per heavy atom. The molecule has 0 aliphatic heterocycles. The van der Waals surface area contributed by atoms with Crippen molar-refractivity contribution < 1.29 is 27.7 Å². The monoisotopic (exact) mass is 522 g/mol. The van der Waals surface area contributed by atoms with Crippen LogP contribution in [0.15, 0.2) is 0 Å². The number of quaternary nitrogens is 1. The van der Waals surface area contributed by atoms with Crippen LogP contribution in [0.1, 0.15) is 110 Å². The van der Waals surface area contributed by atoms with Gasteiger partial charge in [-0.2, -0.15) is 0 Å². The molecular formula is C27H59N2O5P. The predicted octanol–water partition coefficient (Wildman–Crippen LogP) is 6.06. The summed E-state index contributed by atoms with van der Waals surface area (Å²) in [6, 6.07) is 0. The molecule has 0 aromatic heterocycles. The minimum absolute atomic E-state index is 0.108. The molecule has 0 bridgehead atoms. The first kappa shape index (κ1) is 35.0. The highest BCUT2D eigenvalue weighted by atomic mass is 31.2. The Balaban J connectivity index is 3.60. The molecule has 1 N–H and O–H groups in total. The first-order chi connectivity index (χ1) is 16.7. The highest BCUT2D eigenvalue weighted by molar-refractivity contribution is 7.45. The highest BCUT2D eigenvalue weighted by Gasteiger charge is 2.19. The van der Waals surface area contributed by atoms with E-state index in [1.165, 1.54) is 96.3 Å². The van der Waals surface area contributed by atoms with Crippen LogP contribution in [0.4, 0.5) is 0 Å². The SMILES string of the molecule is CCCCCCCCCCCCCCCCCCNCC(COC)OP(=O)([O-])OCC[N+](C)(C)C. The van der Waals surface area contributed by atoms with Crippen LogP contribution in [0.3, 0.4) is 0 Å². The summed E-state index contributed by atoms with van der Waals surface area (Å²) in [5, 5.41) is 3.30. The van der Waals surface area contributed by atoms with Crippen molar-refractivity contribution in [2.75, 3.05) is 61.1 Å². The molecular weight excluding hydrogens is 463 g/mol. The lowest BCUT2D eigenvalue weighted by molar-refractivity contribution is -0.870. The third kappa shape index (κ3) is 26.9. The Morgan fingerprint density at radius 3 is 1.69 bits per heavy atom. The molecule has 0 amide bonds. The Bertz CT molecular complexity index is 502. The van der Waals surface area contributed by atoms with Crippen LogP contribution in [0, 0.1) is 0 Å². The van der Waals surface area contributed by atoms with E-state index in [9.17, 15) is 9.46 Å². The van der Waals surface area contributed by atoms with Crippen LogP contribution in [0.2, 0.25) is 0 Å². The quantitative estimate of drug-likeness (QED) is 0.0802. The molecule has 0 rings (SSSR count). The maximum Gasteiger partial charge on any atom is 0.268 e. The van der Waals surface area contributed by atoms with Gasteiger partial charge in [-0.1, -0.05) is 103 Å². The topological polar surface area (TPSA) is 79.9 Å². The lowest BCUT2D eigenvalue weighted by Gasteiger charge is -2.30. The summed E-state index contributed by atoms with van der Waals surface area (Å²) in [5.41, 5.74) is 0. The average Bonchev–Trinajstić information content (AvgIpc) is 2.77. The van der Waals surface area contributed by atoms with Gasteiger partial charge in [0.15, 0.2) is 0 Å². The molecule has 0 aliphatic rings. The maximum atomic E-state index is 12.1. The smallest absolute Gasteiger partial charge is 0.268 e. The Kier molecular flexibility index (Phi) is 23.1. The van der Waals surface area contributed by atoms with Crippen LogP contribution in [-0.2, 0) is 18.3 Å². The largest absolute Gasteiger partial charge is 0.756 e. The van der Waals surface area contributed by atoms with E-state index in [0.717, 1.165) is 13.0 Å². The summed E-state index contributed by atoms with van der Waals surface area (Å²) >= 11 is 0. The van der Waals surface area contributed by atoms with Gasteiger partial charge in [0, 0.05) is 13.7 Å². The van der Waals surface area contributed by atoms with Crippen molar-refractivity contribution in [2.45, 2.75) is 116 Å². The molecule has 2 unspecified atom stereocenters. The molecule has 0 radical (unpaired) electrons. The van der Waals surface area contributed by atoms with Crippen molar-refractivity contribution in [1.82, 2.24) is 5.32 Å². The van der Waals surface area contributed by atoms with Crippen LogP contribution >= 0.6 is 7.82 Å². The summed E-state index contributed by atoms with van der Waals surface area (Å²) in [6.07, 6.45) is 21.1. The zero-order valence-electron chi connectivity index (χ0n) is 23.9. The van der Waals surface area contributed by atoms with Gasteiger partial charge < -0.3 is 28.5 Å². The lowest BCUT2D eigenvalue weighted by atomic mass is 10.0. The molecule has 0 saturated carbocycles. The number of phosphoric acid groups is 1. The van der Waals surface area contributed by atoms with Crippen molar-refractivity contribution in [2.24, 2.45) is 0 Å². The van der Waals surface area contributed by atoms with E-state index in [-0.39, 0.29) is 13.2 Å². The first-order valence-electron chi connectivity index (χ1n) is 14.3. The summed E-state index contributed by atoms with van der Waals surface area (Å²) in [5.74, 6) is 0. The molecule has 0 aromatic carbocycles. The van der Waals surface area contributed by atoms with Gasteiger partial charge in [0.2, 0.25) is 0 Å². The number of nitrogens with one attached hydrogen (secondary N) is 1. The third-order valence-corrected chi connectivity index (χ3v) is 7.28. The number of phosphoric ester groups is 1. The zero-order chi connectivity index (χ0) is 26.3. The normalized spacial score (nSPS) is 14.8. The first-order valence-corrected chi connectivity index (χ1v) is 15.8. The number of methoxy groups -OCH3 is 1. The van der Waals surface area contributed by atoms with Crippen LogP contribution < -0.4 is 10.2 Å². The van der Waals surface area contributed by atoms with Gasteiger partial charge in [-0.05, 0) is 13.0 Å². The molecule has 0 saturated heterocycles. The summed E-state index contributed by atoms with van der Waals surface area (Å²) in [4.78, 5) is 12.1. The van der Waals surface area contributed by atoms with E-state index in [4.69, 9.17) is 13.8 Å². The van der Waals surface area contributed by atoms with E-state index in [2.05, 4.69) is 12.2 Å². The molecule has 35 heavy (non-hydrogen) atoms. The van der Waals surface area contributed by atoms with E-state index < -0.39 is 13.9 Å². The zero-order valence-corrected chi connectivity index (χ0v) is 24.8. The van der Waals surface area contributed by atoms with Gasteiger partial charge in [0.25, 0.3) is 7.82 Å². The Morgan fingerprint density at radius 1 is 0.800 bits per heavy atom. The fourth-order valence-electron chi connectivity index (χ4n) is 4.01. The van der Waals surface area contributed by atoms with Crippen molar-refractivity contribution in [3.63, 3.8) is 0 Å². The number of hydrogen-bond donors (Lipinski definition) is 1. The van der Waals surface area contributed by atoms with E-state index >= 15 is 0 Å². The second-order valence-electron chi connectivity index (χ2n) is 11.0. The molecule has 2 atom stereocenters. The van der Waals surface area contributed by atoms with Gasteiger partial charge in [0.05, 0.1) is 27.7 Å². The van der Waals surface area contributed by atoms with Crippen molar-refractivity contribution >= 4 is 7.82 Å². The van der Waals surface area contributed by atoms with E-state index in [1.807, 2.05) is 21.1 Å².